The van der Waals surface area contributed by atoms with E-state index >= 15 is 0 Å². The van der Waals surface area contributed by atoms with Crippen molar-refractivity contribution >= 4 is 22.7 Å². The van der Waals surface area contributed by atoms with E-state index in [1.165, 1.54) is 5.56 Å². The predicted octanol–water partition coefficient (Wildman–Crippen LogP) is 6.49. The van der Waals surface area contributed by atoms with Gasteiger partial charge in [0.2, 0.25) is 11.8 Å². The monoisotopic (exact) mass is 435 g/mol. The fourth-order valence-corrected chi connectivity index (χ4v) is 3.96. The van der Waals surface area contributed by atoms with Gasteiger partial charge in [0.05, 0.1) is 5.52 Å². The van der Waals surface area contributed by atoms with Crippen LogP contribution in [-0.4, -0.2) is 19.5 Å². The van der Waals surface area contributed by atoms with Crippen LogP contribution >= 0.6 is 0 Å². The van der Waals surface area contributed by atoms with Gasteiger partial charge in [0.15, 0.2) is 0 Å². The Morgan fingerprint density at radius 3 is 2.33 bits per heavy atom. The lowest BCUT2D eigenvalue weighted by molar-refractivity contribution is 0.459. The third-order valence-electron chi connectivity index (χ3n) is 5.65. The third-order valence-corrected chi connectivity index (χ3v) is 5.65. The maximum atomic E-state index is 6.45. The van der Waals surface area contributed by atoms with Crippen molar-refractivity contribution in [3.63, 3.8) is 0 Å². The molecule has 0 unspecified atom stereocenters. The van der Waals surface area contributed by atoms with Crippen LogP contribution in [0.25, 0.3) is 22.2 Å². The van der Waals surface area contributed by atoms with Crippen LogP contribution in [0.1, 0.15) is 16.7 Å². The molecule has 0 saturated heterocycles. The first-order chi connectivity index (χ1) is 16.0. The second-order valence-corrected chi connectivity index (χ2v) is 8.29. The molecule has 6 heteroatoms. The van der Waals surface area contributed by atoms with Crippen molar-refractivity contribution in [3.05, 3.63) is 89.9 Å². The fourth-order valence-electron chi connectivity index (χ4n) is 3.96. The van der Waals surface area contributed by atoms with Gasteiger partial charge in [-0.05, 0) is 73.9 Å². The summed E-state index contributed by atoms with van der Waals surface area (Å²) in [5, 5.41) is 3.30. The molecule has 0 aliphatic heterocycles. The second-order valence-electron chi connectivity index (χ2n) is 8.29. The molecule has 0 bridgehead atoms. The number of hydrogen-bond acceptors (Lipinski definition) is 5. The molecule has 6 nitrogen and oxygen atoms in total. The summed E-state index contributed by atoms with van der Waals surface area (Å²) in [6.07, 6.45) is 5.62. The SMILES string of the molecule is Cc1ccc(Nc2nc(Oc3c(C)cc(-c4cccnc4)cc3C)c3c(ccn3C)n2)cc1. The molecule has 0 amide bonds. The Labute approximate surface area is 192 Å². The summed E-state index contributed by atoms with van der Waals surface area (Å²) in [5.74, 6) is 1.81. The van der Waals surface area contributed by atoms with E-state index < -0.39 is 0 Å². The van der Waals surface area contributed by atoms with E-state index in [1.54, 1.807) is 6.20 Å². The Hall–Kier alpha value is -4.19. The molecule has 0 aliphatic carbocycles. The summed E-state index contributed by atoms with van der Waals surface area (Å²) < 4.78 is 8.43. The number of rotatable bonds is 5. The van der Waals surface area contributed by atoms with Gasteiger partial charge in [-0.15, -0.1) is 0 Å². The normalized spacial score (nSPS) is 11.0. The molecule has 2 aromatic carbocycles. The van der Waals surface area contributed by atoms with Gasteiger partial charge in [-0.3, -0.25) is 4.98 Å². The van der Waals surface area contributed by atoms with Gasteiger partial charge in [0.25, 0.3) is 0 Å². The summed E-state index contributed by atoms with van der Waals surface area (Å²) in [6, 6.07) is 18.3. The standard InChI is InChI=1S/C27H25N5O/c1-17-7-9-22(10-8-17)29-27-30-23-11-13-32(4)24(23)26(31-27)33-25-18(2)14-21(15-19(25)3)20-6-5-12-28-16-20/h5-16H,1-4H3,(H,29,30,31). The van der Waals surface area contributed by atoms with Crippen LogP contribution in [0.5, 0.6) is 11.6 Å². The van der Waals surface area contributed by atoms with Crippen molar-refractivity contribution in [1.29, 1.82) is 0 Å². The molecule has 164 valence electrons. The molecule has 5 rings (SSSR count). The molecule has 1 N–H and O–H groups in total. The molecule has 0 fully saturated rings. The molecule has 33 heavy (non-hydrogen) atoms. The summed E-state index contributed by atoms with van der Waals surface area (Å²) in [7, 11) is 1.97. The van der Waals surface area contributed by atoms with Crippen molar-refractivity contribution in [1.82, 2.24) is 19.5 Å². The quantitative estimate of drug-likeness (QED) is 0.342. The van der Waals surface area contributed by atoms with Crippen LogP contribution in [-0.2, 0) is 7.05 Å². The number of nitrogens with one attached hydrogen (secondary N) is 1. The van der Waals surface area contributed by atoms with Gasteiger partial charge in [0, 0.05) is 36.9 Å². The number of anilines is 2. The van der Waals surface area contributed by atoms with Gasteiger partial charge < -0.3 is 14.6 Å². The molecular formula is C27H25N5O. The van der Waals surface area contributed by atoms with Crippen LogP contribution in [0.15, 0.2) is 73.2 Å². The number of nitrogens with zero attached hydrogens (tertiary/aromatic N) is 4. The number of ether oxygens (including phenoxy) is 1. The first-order valence-electron chi connectivity index (χ1n) is 10.8. The molecule has 0 spiro atoms. The van der Waals surface area contributed by atoms with E-state index in [9.17, 15) is 0 Å². The van der Waals surface area contributed by atoms with Crippen LogP contribution in [0, 0.1) is 20.8 Å². The van der Waals surface area contributed by atoms with Crippen LogP contribution in [0.2, 0.25) is 0 Å². The summed E-state index contributed by atoms with van der Waals surface area (Å²) >= 11 is 0. The van der Waals surface area contributed by atoms with Crippen molar-refractivity contribution in [3.8, 4) is 22.8 Å². The number of hydrogen-bond donors (Lipinski definition) is 1. The van der Waals surface area contributed by atoms with Crippen LogP contribution in [0.4, 0.5) is 11.6 Å². The average molecular weight is 436 g/mol. The van der Waals surface area contributed by atoms with E-state index in [-0.39, 0.29) is 0 Å². The highest BCUT2D eigenvalue weighted by molar-refractivity contribution is 5.83. The van der Waals surface area contributed by atoms with Crippen molar-refractivity contribution < 1.29 is 4.74 Å². The number of fused-ring (bicyclic) bond motifs is 1. The van der Waals surface area contributed by atoms with E-state index in [2.05, 4.69) is 66.4 Å². The zero-order valence-corrected chi connectivity index (χ0v) is 19.1. The number of benzene rings is 2. The molecule has 3 heterocycles. The number of pyridine rings is 1. The maximum absolute atomic E-state index is 6.45. The van der Waals surface area contributed by atoms with E-state index in [4.69, 9.17) is 9.72 Å². The smallest absolute Gasteiger partial charge is 0.249 e. The van der Waals surface area contributed by atoms with Gasteiger partial charge >= 0.3 is 0 Å². The Morgan fingerprint density at radius 2 is 1.64 bits per heavy atom. The van der Waals surface area contributed by atoms with Crippen molar-refractivity contribution in [2.45, 2.75) is 20.8 Å². The highest BCUT2D eigenvalue weighted by Crippen LogP contribution is 2.35. The minimum absolute atomic E-state index is 0.495. The van der Waals surface area contributed by atoms with Gasteiger partial charge in [-0.2, -0.15) is 4.98 Å². The zero-order valence-electron chi connectivity index (χ0n) is 19.1. The Morgan fingerprint density at radius 1 is 0.879 bits per heavy atom. The van der Waals surface area contributed by atoms with Gasteiger partial charge in [-0.1, -0.05) is 23.8 Å². The third kappa shape index (κ3) is 4.15. The molecule has 0 radical (unpaired) electrons. The average Bonchev–Trinajstić information content (AvgIpc) is 3.19. The summed E-state index contributed by atoms with van der Waals surface area (Å²) in [4.78, 5) is 13.7. The zero-order chi connectivity index (χ0) is 22.9. The Kier molecular flexibility index (Phi) is 5.26. The first kappa shape index (κ1) is 20.7. The topological polar surface area (TPSA) is 64.9 Å². The van der Waals surface area contributed by atoms with E-state index in [0.717, 1.165) is 44.7 Å². The maximum Gasteiger partial charge on any atom is 0.249 e. The second kappa shape index (κ2) is 8.39. The van der Waals surface area contributed by atoms with Crippen LogP contribution in [0.3, 0.4) is 0 Å². The molecular weight excluding hydrogens is 410 g/mol. The largest absolute Gasteiger partial charge is 0.436 e. The van der Waals surface area contributed by atoms with E-state index in [0.29, 0.717) is 11.8 Å². The minimum atomic E-state index is 0.495. The molecule has 0 atom stereocenters. The molecule has 5 aromatic rings. The number of aromatic nitrogens is 4. The lowest BCUT2D eigenvalue weighted by Gasteiger charge is -2.15. The molecule has 3 aromatic heterocycles. The Bertz CT molecular complexity index is 1420. The highest BCUT2D eigenvalue weighted by atomic mass is 16.5. The highest BCUT2D eigenvalue weighted by Gasteiger charge is 2.16. The molecule has 0 aliphatic rings. The lowest BCUT2D eigenvalue weighted by atomic mass is 10.0. The van der Waals surface area contributed by atoms with Crippen molar-refractivity contribution in [2.24, 2.45) is 7.05 Å². The van der Waals surface area contributed by atoms with Crippen LogP contribution < -0.4 is 10.1 Å². The van der Waals surface area contributed by atoms with Gasteiger partial charge in [-0.25, -0.2) is 4.98 Å². The van der Waals surface area contributed by atoms with Gasteiger partial charge in [0.1, 0.15) is 11.3 Å². The van der Waals surface area contributed by atoms with E-state index in [1.807, 2.05) is 48.3 Å². The van der Waals surface area contributed by atoms with Crippen molar-refractivity contribution in [2.75, 3.05) is 5.32 Å². The lowest BCUT2D eigenvalue weighted by Crippen LogP contribution is -2.02. The fraction of sp³-hybridized carbons (Fsp3) is 0.148. The molecule has 0 saturated carbocycles. The number of aryl methyl sites for hydroxylation is 4. The Balaban J connectivity index is 1.54. The summed E-state index contributed by atoms with van der Waals surface area (Å²) in [5.41, 5.74) is 8.04. The minimum Gasteiger partial charge on any atom is -0.436 e. The predicted molar refractivity (Wildman–Crippen MR) is 132 cm³/mol. The first-order valence-corrected chi connectivity index (χ1v) is 10.8. The summed E-state index contributed by atoms with van der Waals surface area (Å²) in [6.45, 7) is 6.17.